The fraction of sp³-hybridized carbons (Fsp3) is 0.923. The van der Waals surface area contributed by atoms with E-state index in [0.717, 1.165) is 25.7 Å². The van der Waals surface area contributed by atoms with Gasteiger partial charge in [0.15, 0.2) is 5.67 Å². The lowest BCUT2D eigenvalue weighted by Gasteiger charge is -2.45. The average Bonchev–Trinajstić information content (AvgIpc) is 2.99. The van der Waals surface area contributed by atoms with Gasteiger partial charge in [-0.05, 0) is 38.5 Å². The molecule has 1 atom stereocenters. The quantitative estimate of drug-likeness (QED) is 0.762. The first kappa shape index (κ1) is 14.3. The molecule has 0 bridgehead atoms. The highest BCUT2D eigenvalue weighted by Gasteiger charge is 2.56. The van der Waals surface area contributed by atoms with Gasteiger partial charge in [-0.3, -0.25) is 4.79 Å². The fourth-order valence-electron chi connectivity index (χ4n) is 3.73. The molecule has 5 nitrogen and oxygen atoms in total. The van der Waals surface area contributed by atoms with E-state index in [1.165, 1.54) is 10.6 Å². The van der Waals surface area contributed by atoms with Crippen molar-refractivity contribution in [2.45, 2.75) is 49.7 Å². The predicted molar refractivity (Wildman–Crippen MR) is 72.4 cm³/mol. The number of hydrogen-bond donors (Lipinski definition) is 0. The number of sulfonamides is 1. The van der Waals surface area contributed by atoms with Crippen molar-refractivity contribution in [3.05, 3.63) is 0 Å². The van der Waals surface area contributed by atoms with Crippen LogP contribution < -0.4 is 0 Å². The molecule has 3 aliphatic rings. The predicted octanol–water partition coefficient (Wildman–Crippen LogP) is 0.905. The molecule has 1 unspecified atom stereocenters. The molecule has 0 aromatic carbocycles. The van der Waals surface area contributed by atoms with Crippen LogP contribution in [-0.4, -0.2) is 60.6 Å². The molecule has 1 aliphatic carbocycles. The summed E-state index contributed by atoms with van der Waals surface area (Å²) >= 11 is 0. The molecule has 0 N–H and O–H groups in total. The molecule has 0 radical (unpaired) electrons. The van der Waals surface area contributed by atoms with Gasteiger partial charge in [-0.25, -0.2) is 12.8 Å². The van der Waals surface area contributed by atoms with Crippen molar-refractivity contribution >= 4 is 15.9 Å². The summed E-state index contributed by atoms with van der Waals surface area (Å²) in [6, 6.07) is 0. The fourth-order valence-corrected chi connectivity index (χ4v) is 5.14. The van der Waals surface area contributed by atoms with E-state index in [-0.39, 0.29) is 0 Å². The van der Waals surface area contributed by atoms with Crippen molar-refractivity contribution in [2.75, 3.05) is 25.9 Å². The van der Waals surface area contributed by atoms with Crippen LogP contribution in [0.25, 0.3) is 0 Å². The first-order valence-corrected chi connectivity index (χ1v) is 9.08. The topological polar surface area (TPSA) is 57.7 Å². The van der Waals surface area contributed by atoms with Crippen LogP contribution in [0.1, 0.15) is 38.5 Å². The number of piperidine rings is 1. The van der Waals surface area contributed by atoms with E-state index in [2.05, 4.69) is 0 Å². The third-order valence-electron chi connectivity index (χ3n) is 4.85. The van der Waals surface area contributed by atoms with Crippen molar-refractivity contribution in [2.24, 2.45) is 0 Å². The molecular formula is C13H21FN2O3S. The molecule has 3 rings (SSSR count). The second kappa shape index (κ2) is 4.40. The number of carbonyl (C=O) groups is 1. The van der Waals surface area contributed by atoms with Gasteiger partial charge in [-0.1, -0.05) is 0 Å². The molecule has 20 heavy (non-hydrogen) atoms. The maximum absolute atomic E-state index is 14.0. The van der Waals surface area contributed by atoms with Crippen molar-refractivity contribution in [1.29, 1.82) is 0 Å². The van der Waals surface area contributed by atoms with E-state index in [9.17, 15) is 17.6 Å². The maximum atomic E-state index is 14.0. The number of halogens is 1. The highest BCUT2D eigenvalue weighted by molar-refractivity contribution is 7.88. The molecule has 2 saturated heterocycles. The van der Waals surface area contributed by atoms with Gasteiger partial charge in [-0.2, -0.15) is 4.31 Å². The Morgan fingerprint density at radius 3 is 2.25 bits per heavy atom. The van der Waals surface area contributed by atoms with Crippen LogP contribution in [0, 0.1) is 0 Å². The molecule has 0 aromatic heterocycles. The Hall–Kier alpha value is -0.690. The standard InChI is InChI=1S/C13H21FN2O3S/c1-20(18,19)16-9-3-5-12(16)4-2-8-15(10-12)11(17)13(14)6-7-13/h2-10H2,1H3. The summed E-state index contributed by atoms with van der Waals surface area (Å²) in [5.74, 6) is -0.433. The number of rotatable bonds is 2. The monoisotopic (exact) mass is 304 g/mol. The summed E-state index contributed by atoms with van der Waals surface area (Å²) in [4.78, 5) is 13.7. The van der Waals surface area contributed by atoms with Gasteiger partial charge in [0, 0.05) is 19.6 Å². The zero-order chi connectivity index (χ0) is 14.6. The first-order chi connectivity index (χ1) is 9.27. The molecule has 0 aromatic rings. The van der Waals surface area contributed by atoms with E-state index < -0.39 is 27.1 Å². The lowest BCUT2D eigenvalue weighted by atomic mass is 9.87. The summed E-state index contributed by atoms with van der Waals surface area (Å²) in [5, 5.41) is 0. The van der Waals surface area contributed by atoms with Crippen LogP contribution in [0.2, 0.25) is 0 Å². The number of carbonyl (C=O) groups excluding carboxylic acids is 1. The molecule has 1 amide bonds. The van der Waals surface area contributed by atoms with Gasteiger partial charge in [0.05, 0.1) is 11.8 Å². The maximum Gasteiger partial charge on any atom is 0.260 e. The van der Waals surface area contributed by atoms with E-state index >= 15 is 0 Å². The highest BCUT2D eigenvalue weighted by Crippen LogP contribution is 2.44. The molecular weight excluding hydrogens is 283 g/mol. The van der Waals surface area contributed by atoms with Crippen LogP contribution in [0.15, 0.2) is 0 Å². The lowest BCUT2D eigenvalue weighted by Crippen LogP contribution is -2.59. The van der Waals surface area contributed by atoms with E-state index in [1.54, 1.807) is 4.90 Å². The minimum absolute atomic E-state index is 0.311. The average molecular weight is 304 g/mol. The van der Waals surface area contributed by atoms with Crippen molar-refractivity contribution in [3.8, 4) is 0 Å². The Labute approximate surface area is 119 Å². The number of alkyl halides is 1. The molecule has 1 spiro atoms. The molecule has 7 heteroatoms. The van der Waals surface area contributed by atoms with Crippen LogP contribution in [0.3, 0.4) is 0 Å². The summed E-state index contributed by atoms with van der Waals surface area (Å²) in [5.41, 5.74) is -2.15. The van der Waals surface area contributed by atoms with Crippen LogP contribution >= 0.6 is 0 Å². The normalized spacial score (nSPS) is 33.6. The largest absolute Gasteiger partial charge is 0.338 e. The zero-order valence-electron chi connectivity index (χ0n) is 11.8. The minimum atomic E-state index is -3.28. The number of likely N-dealkylation sites (tertiary alicyclic amines) is 1. The van der Waals surface area contributed by atoms with Gasteiger partial charge in [0.1, 0.15) is 0 Å². The second-order valence-corrected chi connectivity index (χ2v) is 8.37. The molecule has 2 aliphatic heterocycles. The molecule has 1 saturated carbocycles. The van der Waals surface area contributed by atoms with Gasteiger partial charge < -0.3 is 4.90 Å². The van der Waals surface area contributed by atoms with Crippen molar-refractivity contribution in [1.82, 2.24) is 9.21 Å². The summed E-state index contributed by atoms with van der Waals surface area (Å²) in [7, 11) is -3.28. The van der Waals surface area contributed by atoms with Crippen LogP contribution in [0.4, 0.5) is 4.39 Å². The van der Waals surface area contributed by atoms with Gasteiger partial charge >= 0.3 is 0 Å². The van der Waals surface area contributed by atoms with Gasteiger partial charge in [0.2, 0.25) is 10.0 Å². The third kappa shape index (κ3) is 2.24. The van der Waals surface area contributed by atoms with Crippen molar-refractivity contribution < 1.29 is 17.6 Å². The Balaban J connectivity index is 1.82. The Bertz CT molecular complexity index is 532. The first-order valence-electron chi connectivity index (χ1n) is 7.23. The van der Waals surface area contributed by atoms with Gasteiger partial charge in [0.25, 0.3) is 5.91 Å². The molecule has 114 valence electrons. The number of amides is 1. The number of nitrogens with zero attached hydrogens (tertiary/aromatic N) is 2. The SMILES string of the molecule is CS(=O)(=O)N1CCCC12CCCN(C(=O)C1(F)CC1)C2. The number of hydrogen-bond acceptors (Lipinski definition) is 3. The Kier molecular flexibility index (Phi) is 3.14. The summed E-state index contributed by atoms with van der Waals surface area (Å²) < 4.78 is 39.4. The Morgan fingerprint density at radius 1 is 1.10 bits per heavy atom. The zero-order valence-corrected chi connectivity index (χ0v) is 12.6. The van der Waals surface area contributed by atoms with E-state index in [4.69, 9.17) is 0 Å². The lowest BCUT2D eigenvalue weighted by molar-refractivity contribution is -0.141. The summed E-state index contributed by atoms with van der Waals surface area (Å²) in [6.45, 7) is 1.41. The highest BCUT2D eigenvalue weighted by atomic mass is 32.2. The second-order valence-electron chi connectivity index (χ2n) is 6.46. The minimum Gasteiger partial charge on any atom is -0.338 e. The molecule has 3 fully saturated rings. The van der Waals surface area contributed by atoms with Crippen molar-refractivity contribution in [3.63, 3.8) is 0 Å². The van der Waals surface area contributed by atoms with Crippen LogP contribution in [0.5, 0.6) is 0 Å². The van der Waals surface area contributed by atoms with Gasteiger partial charge in [-0.15, -0.1) is 0 Å². The summed E-state index contributed by atoms with van der Waals surface area (Å²) in [6.07, 6.45) is 4.94. The Morgan fingerprint density at radius 2 is 1.70 bits per heavy atom. The van der Waals surface area contributed by atoms with Crippen LogP contribution in [-0.2, 0) is 14.8 Å². The third-order valence-corrected chi connectivity index (χ3v) is 6.22. The van der Waals surface area contributed by atoms with E-state index in [0.29, 0.717) is 32.5 Å². The smallest absolute Gasteiger partial charge is 0.260 e. The molecule has 2 heterocycles. The van der Waals surface area contributed by atoms with E-state index in [1.807, 2.05) is 0 Å².